The van der Waals surface area contributed by atoms with Crippen LogP contribution >= 0.6 is 0 Å². The van der Waals surface area contributed by atoms with Crippen molar-refractivity contribution in [3.8, 4) is 0 Å². The number of aryl methyl sites for hydroxylation is 2. The number of likely N-dealkylation sites (N-methyl/N-ethyl adjacent to an activating group) is 1. The minimum absolute atomic E-state index is 0.0598. The van der Waals surface area contributed by atoms with Crippen molar-refractivity contribution in [3.05, 3.63) is 47.0 Å². The molecule has 86 valence electrons. The molecule has 0 aromatic heterocycles. The largest absolute Gasteiger partial charge is 0.478 e. The number of carbonyl (C=O) groups is 1. The van der Waals surface area contributed by atoms with Gasteiger partial charge in [0.15, 0.2) is 0 Å². The summed E-state index contributed by atoms with van der Waals surface area (Å²) in [6.45, 7) is 4.10. The summed E-state index contributed by atoms with van der Waals surface area (Å²) in [5.41, 5.74) is 3.52. The standard InChI is InChI=1S/C13H17NO2/c1-9-4-5-11(8-10(9)2)12(14-3)6-7-13(15)16/h4-8,12,14H,1-3H3,(H,15,16)/b7-6+. The van der Waals surface area contributed by atoms with E-state index in [1.54, 1.807) is 6.08 Å². The van der Waals surface area contributed by atoms with Gasteiger partial charge in [-0.05, 0) is 37.6 Å². The van der Waals surface area contributed by atoms with Crippen LogP contribution in [0.2, 0.25) is 0 Å². The lowest BCUT2D eigenvalue weighted by Gasteiger charge is -2.13. The third-order valence-electron chi connectivity index (χ3n) is 2.63. The van der Waals surface area contributed by atoms with Crippen LogP contribution in [-0.4, -0.2) is 18.1 Å². The highest BCUT2D eigenvalue weighted by atomic mass is 16.4. The fraction of sp³-hybridized carbons (Fsp3) is 0.308. The molecule has 1 aromatic carbocycles. The normalized spacial score (nSPS) is 12.9. The van der Waals surface area contributed by atoms with Gasteiger partial charge >= 0.3 is 5.97 Å². The first-order valence-corrected chi connectivity index (χ1v) is 5.20. The van der Waals surface area contributed by atoms with Crippen molar-refractivity contribution in [2.45, 2.75) is 19.9 Å². The summed E-state index contributed by atoms with van der Waals surface area (Å²) in [6.07, 6.45) is 2.81. The predicted molar refractivity (Wildman–Crippen MR) is 64.5 cm³/mol. The summed E-state index contributed by atoms with van der Waals surface area (Å²) in [6, 6.07) is 6.07. The second kappa shape index (κ2) is 5.47. The monoisotopic (exact) mass is 219 g/mol. The third-order valence-corrected chi connectivity index (χ3v) is 2.63. The van der Waals surface area contributed by atoms with E-state index in [4.69, 9.17) is 5.11 Å². The Morgan fingerprint density at radius 1 is 1.38 bits per heavy atom. The molecule has 0 aliphatic carbocycles. The molecule has 0 fully saturated rings. The van der Waals surface area contributed by atoms with Crippen molar-refractivity contribution in [3.63, 3.8) is 0 Å². The van der Waals surface area contributed by atoms with Crippen molar-refractivity contribution in [2.75, 3.05) is 7.05 Å². The van der Waals surface area contributed by atoms with Crippen LogP contribution in [0, 0.1) is 13.8 Å². The summed E-state index contributed by atoms with van der Waals surface area (Å²) < 4.78 is 0. The summed E-state index contributed by atoms with van der Waals surface area (Å²) in [5, 5.41) is 11.7. The Bertz CT molecular complexity index is 410. The van der Waals surface area contributed by atoms with Gasteiger partial charge in [-0.2, -0.15) is 0 Å². The van der Waals surface area contributed by atoms with E-state index in [2.05, 4.69) is 18.3 Å². The van der Waals surface area contributed by atoms with E-state index in [0.29, 0.717) is 0 Å². The number of aliphatic carboxylic acids is 1. The first kappa shape index (κ1) is 12.5. The van der Waals surface area contributed by atoms with Crippen LogP contribution in [0.25, 0.3) is 0 Å². The zero-order chi connectivity index (χ0) is 12.1. The van der Waals surface area contributed by atoms with Gasteiger partial charge in [0.25, 0.3) is 0 Å². The molecule has 0 saturated heterocycles. The molecule has 0 heterocycles. The highest BCUT2D eigenvalue weighted by molar-refractivity contribution is 5.79. The molecule has 1 rings (SSSR count). The Kier molecular flexibility index (Phi) is 4.26. The van der Waals surface area contributed by atoms with Crippen molar-refractivity contribution >= 4 is 5.97 Å². The lowest BCUT2D eigenvalue weighted by atomic mass is 10.0. The summed E-state index contributed by atoms with van der Waals surface area (Å²) in [7, 11) is 1.81. The fourth-order valence-electron chi connectivity index (χ4n) is 1.51. The SMILES string of the molecule is CNC(/C=C/C(=O)O)c1ccc(C)c(C)c1. The van der Waals surface area contributed by atoms with Gasteiger partial charge in [-0.1, -0.05) is 24.3 Å². The van der Waals surface area contributed by atoms with Crippen LogP contribution in [0.5, 0.6) is 0 Å². The number of hydrogen-bond donors (Lipinski definition) is 2. The minimum Gasteiger partial charge on any atom is -0.478 e. The highest BCUT2D eigenvalue weighted by Gasteiger charge is 2.06. The first-order valence-electron chi connectivity index (χ1n) is 5.20. The second-order valence-corrected chi connectivity index (χ2v) is 3.81. The molecule has 2 N–H and O–H groups in total. The van der Waals surface area contributed by atoms with E-state index in [1.807, 2.05) is 26.1 Å². The van der Waals surface area contributed by atoms with Crippen molar-refractivity contribution in [2.24, 2.45) is 0 Å². The highest BCUT2D eigenvalue weighted by Crippen LogP contribution is 2.17. The van der Waals surface area contributed by atoms with Crippen LogP contribution in [0.15, 0.2) is 30.4 Å². The maximum atomic E-state index is 10.5. The molecular weight excluding hydrogens is 202 g/mol. The number of carboxylic acid groups (broad SMARTS) is 1. The van der Waals surface area contributed by atoms with Gasteiger partial charge in [-0.25, -0.2) is 4.79 Å². The maximum absolute atomic E-state index is 10.5. The van der Waals surface area contributed by atoms with E-state index >= 15 is 0 Å². The van der Waals surface area contributed by atoms with E-state index in [1.165, 1.54) is 11.1 Å². The topological polar surface area (TPSA) is 49.3 Å². The number of carboxylic acids is 1. The molecule has 1 aromatic rings. The Morgan fingerprint density at radius 3 is 2.56 bits per heavy atom. The molecule has 3 heteroatoms. The number of hydrogen-bond acceptors (Lipinski definition) is 2. The number of benzene rings is 1. The lowest BCUT2D eigenvalue weighted by Crippen LogP contribution is -2.14. The van der Waals surface area contributed by atoms with Gasteiger partial charge in [0.05, 0.1) is 6.04 Å². The van der Waals surface area contributed by atoms with Crippen LogP contribution in [0.3, 0.4) is 0 Å². The van der Waals surface area contributed by atoms with Crippen molar-refractivity contribution in [1.29, 1.82) is 0 Å². The van der Waals surface area contributed by atoms with Gasteiger partial charge in [0.1, 0.15) is 0 Å². The molecule has 0 radical (unpaired) electrons. The molecular formula is C13H17NO2. The quantitative estimate of drug-likeness (QED) is 0.763. The molecule has 1 atom stereocenters. The smallest absolute Gasteiger partial charge is 0.328 e. The molecule has 16 heavy (non-hydrogen) atoms. The molecule has 0 bridgehead atoms. The van der Waals surface area contributed by atoms with E-state index in [0.717, 1.165) is 11.6 Å². The van der Waals surface area contributed by atoms with E-state index in [9.17, 15) is 4.79 Å². The molecule has 0 spiro atoms. The Hall–Kier alpha value is -1.61. The summed E-state index contributed by atoms with van der Waals surface area (Å²) in [4.78, 5) is 10.5. The molecule has 0 amide bonds. The Balaban J connectivity index is 2.95. The molecule has 1 unspecified atom stereocenters. The van der Waals surface area contributed by atoms with Crippen molar-refractivity contribution < 1.29 is 9.90 Å². The van der Waals surface area contributed by atoms with Crippen LogP contribution < -0.4 is 5.32 Å². The zero-order valence-corrected chi connectivity index (χ0v) is 9.82. The minimum atomic E-state index is -0.927. The van der Waals surface area contributed by atoms with Gasteiger partial charge in [0.2, 0.25) is 0 Å². The lowest BCUT2D eigenvalue weighted by molar-refractivity contribution is -0.131. The summed E-state index contributed by atoms with van der Waals surface area (Å²) >= 11 is 0. The Morgan fingerprint density at radius 2 is 2.06 bits per heavy atom. The van der Waals surface area contributed by atoms with Crippen LogP contribution in [-0.2, 0) is 4.79 Å². The molecule has 0 aliphatic rings. The van der Waals surface area contributed by atoms with Crippen LogP contribution in [0.1, 0.15) is 22.7 Å². The number of nitrogens with one attached hydrogen (secondary N) is 1. The van der Waals surface area contributed by atoms with Crippen LogP contribution in [0.4, 0.5) is 0 Å². The van der Waals surface area contributed by atoms with Gasteiger partial charge < -0.3 is 10.4 Å². The zero-order valence-electron chi connectivity index (χ0n) is 9.82. The molecule has 3 nitrogen and oxygen atoms in total. The summed E-state index contributed by atoms with van der Waals surface area (Å²) in [5.74, 6) is -0.927. The average Bonchev–Trinajstić information content (AvgIpc) is 2.23. The first-order chi connectivity index (χ1) is 7.54. The average molecular weight is 219 g/mol. The molecule has 0 saturated carbocycles. The maximum Gasteiger partial charge on any atom is 0.328 e. The van der Waals surface area contributed by atoms with E-state index in [-0.39, 0.29) is 6.04 Å². The van der Waals surface area contributed by atoms with Gasteiger partial charge in [-0.3, -0.25) is 0 Å². The number of rotatable bonds is 4. The van der Waals surface area contributed by atoms with E-state index < -0.39 is 5.97 Å². The second-order valence-electron chi connectivity index (χ2n) is 3.81. The van der Waals surface area contributed by atoms with Gasteiger partial charge in [0, 0.05) is 6.08 Å². The van der Waals surface area contributed by atoms with Gasteiger partial charge in [-0.15, -0.1) is 0 Å². The fourth-order valence-corrected chi connectivity index (χ4v) is 1.51. The Labute approximate surface area is 95.8 Å². The third kappa shape index (κ3) is 3.21. The predicted octanol–water partition coefficient (Wildman–Crippen LogP) is 2.20. The van der Waals surface area contributed by atoms with Crippen molar-refractivity contribution in [1.82, 2.24) is 5.32 Å². The molecule has 0 aliphatic heterocycles.